The number of esters is 1. The van der Waals surface area contributed by atoms with Gasteiger partial charge in [0.1, 0.15) is 0 Å². The van der Waals surface area contributed by atoms with E-state index < -0.39 is 0 Å². The molecular formula is C31H37IN4O3. The number of nitrogens with zero attached hydrogens (tertiary/aromatic N) is 2. The van der Waals surface area contributed by atoms with E-state index in [9.17, 15) is 9.59 Å². The molecule has 39 heavy (non-hydrogen) atoms. The number of carbonyl (C=O) groups excluding carboxylic acids is 2. The molecule has 0 spiro atoms. The number of amides is 1. The average Bonchev–Trinajstić information content (AvgIpc) is 3.36. The molecule has 0 saturated heterocycles. The summed E-state index contributed by atoms with van der Waals surface area (Å²) in [5.74, 6) is -0.356. The van der Waals surface area contributed by atoms with Gasteiger partial charge in [0.2, 0.25) is 0 Å². The third-order valence-corrected chi connectivity index (χ3v) is 8.07. The molecule has 0 unspecified atom stereocenters. The van der Waals surface area contributed by atoms with E-state index in [0.717, 1.165) is 57.7 Å². The number of hydrazine groups is 2. The standard InChI is InChI=1S/C31H36N4O3.HI/c1-6-35-28-12-11-26(21(4)30(28)32-33-35)27(17-29(36)38-5)23-10-9-22-13-14-34(18-25(22)16-23)31(37)24-8-7-19(2)20(3)15-24;/h7-12,15-16,27,32-33H,6,13-14,17-18H2,1-5H3;1H/t27-;/m0./s1. The second-order valence-corrected chi connectivity index (χ2v) is 10.3. The smallest absolute Gasteiger partial charge is 0.306 e. The number of halogens is 1. The number of fused-ring (bicyclic) bond motifs is 2. The van der Waals surface area contributed by atoms with Crippen LogP contribution in [0.2, 0.25) is 0 Å². The Morgan fingerprint density at radius 1 is 1.00 bits per heavy atom. The summed E-state index contributed by atoms with van der Waals surface area (Å²) in [5.41, 5.74) is 17.3. The Morgan fingerprint density at radius 2 is 1.79 bits per heavy atom. The molecule has 2 N–H and O–H groups in total. The van der Waals surface area contributed by atoms with E-state index in [1.807, 2.05) is 30.0 Å². The van der Waals surface area contributed by atoms with Crippen molar-refractivity contribution >= 4 is 47.2 Å². The number of methoxy groups -OCH3 is 1. The topological polar surface area (TPSA) is 73.9 Å². The molecule has 2 heterocycles. The molecule has 3 aromatic carbocycles. The van der Waals surface area contributed by atoms with Gasteiger partial charge in [-0.05, 0) is 91.3 Å². The number of hydrogen-bond acceptors (Lipinski definition) is 6. The number of aryl methyl sites for hydroxylation is 2. The second kappa shape index (κ2) is 12.0. The Hall–Kier alpha value is -3.11. The number of anilines is 2. The fraction of sp³-hybridized carbons (Fsp3) is 0.355. The number of hydrogen-bond donors (Lipinski definition) is 2. The first-order valence-corrected chi connectivity index (χ1v) is 13.3. The molecule has 1 amide bonds. The third kappa shape index (κ3) is 5.63. The summed E-state index contributed by atoms with van der Waals surface area (Å²) >= 11 is 0. The van der Waals surface area contributed by atoms with Gasteiger partial charge in [-0.3, -0.25) is 14.6 Å². The maximum Gasteiger partial charge on any atom is 0.306 e. The van der Waals surface area contributed by atoms with E-state index in [2.05, 4.69) is 67.1 Å². The summed E-state index contributed by atoms with van der Waals surface area (Å²) < 4.78 is 5.09. The van der Waals surface area contributed by atoms with Gasteiger partial charge in [-0.1, -0.05) is 30.3 Å². The molecule has 0 fully saturated rings. The SMILES string of the molecule is CCN1NNc2c1ccc([C@@H](CC(=O)OC)c1ccc3c(c1)CN(C(=O)c1ccc(C)c(C)c1)CC3)c2C.I. The highest BCUT2D eigenvalue weighted by Gasteiger charge is 2.28. The molecule has 5 rings (SSSR count). The van der Waals surface area contributed by atoms with E-state index in [4.69, 9.17) is 4.74 Å². The summed E-state index contributed by atoms with van der Waals surface area (Å²) in [6.07, 6.45) is 1.05. The molecule has 0 aromatic heterocycles. The Labute approximate surface area is 247 Å². The summed E-state index contributed by atoms with van der Waals surface area (Å²) in [6.45, 7) is 10.4. The van der Waals surface area contributed by atoms with Gasteiger partial charge in [0, 0.05) is 31.1 Å². The average molecular weight is 641 g/mol. The molecule has 2 aliphatic rings. The summed E-state index contributed by atoms with van der Waals surface area (Å²) in [5, 5.41) is 2.06. The molecule has 0 aliphatic carbocycles. The first kappa shape index (κ1) is 28.9. The van der Waals surface area contributed by atoms with Gasteiger partial charge in [0.25, 0.3) is 5.91 Å². The monoisotopic (exact) mass is 640 g/mol. The van der Waals surface area contributed by atoms with Crippen LogP contribution in [0, 0.1) is 20.8 Å². The predicted molar refractivity (Wildman–Crippen MR) is 166 cm³/mol. The van der Waals surface area contributed by atoms with Crippen LogP contribution < -0.4 is 16.0 Å². The van der Waals surface area contributed by atoms with Gasteiger partial charge < -0.3 is 15.1 Å². The highest BCUT2D eigenvalue weighted by Crippen LogP contribution is 2.40. The first-order chi connectivity index (χ1) is 18.3. The first-order valence-electron chi connectivity index (χ1n) is 13.3. The van der Waals surface area contributed by atoms with Crippen molar-refractivity contribution in [3.05, 3.63) is 93.0 Å². The minimum atomic E-state index is -0.250. The van der Waals surface area contributed by atoms with Crippen molar-refractivity contribution in [2.24, 2.45) is 0 Å². The van der Waals surface area contributed by atoms with Crippen LogP contribution in [-0.2, 0) is 22.5 Å². The largest absolute Gasteiger partial charge is 0.469 e. The summed E-state index contributed by atoms with van der Waals surface area (Å²) in [4.78, 5) is 27.8. The predicted octanol–water partition coefficient (Wildman–Crippen LogP) is 5.79. The fourth-order valence-corrected chi connectivity index (χ4v) is 5.59. The van der Waals surface area contributed by atoms with Gasteiger partial charge >= 0.3 is 5.97 Å². The number of benzene rings is 3. The number of nitrogens with one attached hydrogen (secondary N) is 2. The van der Waals surface area contributed by atoms with Crippen molar-refractivity contribution in [1.29, 1.82) is 0 Å². The zero-order valence-electron chi connectivity index (χ0n) is 23.3. The quantitative estimate of drug-likeness (QED) is 0.263. The lowest BCUT2D eigenvalue weighted by Gasteiger charge is -2.30. The van der Waals surface area contributed by atoms with E-state index in [1.54, 1.807) is 0 Å². The van der Waals surface area contributed by atoms with Crippen LogP contribution in [0.5, 0.6) is 0 Å². The van der Waals surface area contributed by atoms with E-state index >= 15 is 0 Å². The Kier molecular flexibility index (Phi) is 8.86. The van der Waals surface area contributed by atoms with Crippen molar-refractivity contribution < 1.29 is 14.3 Å². The van der Waals surface area contributed by atoms with Gasteiger partial charge in [0.05, 0.1) is 24.9 Å². The van der Waals surface area contributed by atoms with E-state index in [0.29, 0.717) is 13.1 Å². The lowest BCUT2D eigenvalue weighted by Crippen LogP contribution is -2.36. The molecule has 8 heteroatoms. The molecule has 0 radical (unpaired) electrons. The van der Waals surface area contributed by atoms with Crippen LogP contribution in [0.25, 0.3) is 0 Å². The van der Waals surface area contributed by atoms with Crippen molar-refractivity contribution in [3.63, 3.8) is 0 Å². The number of carbonyl (C=O) groups is 2. The zero-order valence-corrected chi connectivity index (χ0v) is 25.6. The highest BCUT2D eigenvalue weighted by atomic mass is 127. The minimum Gasteiger partial charge on any atom is -0.469 e. The third-order valence-electron chi connectivity index (χ3n) is 8.07. The lowest BCUT2D eigenvalue weighted by atomic mass is 9.83. The molecular weight excluding hydrogens is 603 g/mol. The molecule has 0 saturated carbocycles. The van der Waals surface area contributed by atoms with Crippen molar-refractivity contribution in [3.8, 4) is 0 Å². The van der Waals surface area contributed by atoms with Crippen LogP contribution in [0.4, 0.5) is 11.4 Å². The van der Waals surface area contributed by atoms with Crippen molar-refractivity contribution in [2.75, 3.05) is 30.6 Å². The maximum atomic E-state index is 13.3. The van der Waals surface area contributed by atoms with Crippen LogP contribution >= 0.6 is 24.0 Å². The van der Waals surface area contributed by atoms with Crippen LogP contribution in [0.15, 0.2) is 48.5 Å². The molecule has 2 aliphatic heterocycles. The zero-order chi connectivity index (χ0) is 27.0. The maximum absolute atomic E-state index is 13.3. The Balaban J connectivity index is 0.00000353. The van der Waals surface area contributed by atoms with E-state index in [-0.39, 0.29) is 48.2 Å². The summed E-state index contributed by atoms with van der Waals surface area (Å²) in [6, 6.07) is 16.6. The van der Waals surface area contributed by atoms with Gasteiger partial charge in [0.15, 0.2) is 0 Å². The number of rotatable bonds is 6. The second-order valence-electron chi connectivity index (χ2n) is 10.3. The van der Waals surface area contributed by atoms with Crippen molar-refractivity contribution in [1.82, 2.24) is 10.4 Å². The molecule has 3 aromatic rings. The van der Waals surface area contributed by atoms with Gasteiger partial charge in [-0.15, -0.1) is 29.5 Å². The van der Waals surface area contributed by atoms with Crippen LogP contribution in [0.1, 0.15) is 68.6 Å². The van der Waals surface area contributed by atoms with E-state index in [1.165, 1.54) is 18.2 Å². The molecule has 1 atom stereocenters. The minimum absolute atomic E-state index is 0. The van der Waals surface area contributed by atoms with Crippen LogP contribution in [0.3, 0.4) is 0 Å². The van der Waals surface area contributed by atoms with Gasteiger partial charge in [-0.25, -0.2) is 0 Å². The number of ether oxygens (including phenoxy) is 1. The van der Waals surface area contributed by atoms with Gasteiger partial charge in [-0.2, -0.15) is 0 Å². The normalized spacial score (nSPS) is 14.6. The van der Waals surface area contributed by atoms with Crippen LogP contribution in [-0.4, -0.2) is 37.0 Å². The molecule has 0 bridgehead atoms. The lowest BCUT2D eigenvalue weighted by molar-refractivity contribution is -0.140. The molecule has 7 nitrogen and oxygen atoms in total. The molecule has 206 valence electrons. The summed E-state index contributed by atoms with van der Waals surface area (Å²) in [7, 11) is 1.43. The fourth-order valence-electron chi connectivity index (χ4n) is 5.59. The van der Waals surface area contributed by atoms with Crippen molar-refractivity contribution in [2.45, 2.75) is 53.0 Å². The Bertz CT molecular complexity index is 1410. The highest BCUT2D eigenvalue weighted by molar-refractivity contribution is 14.0. The Morgan fingerprint density at radius 3 is 2.51 bits per heavy atom.